The minimum atomic E-state index is -0.607. The van der Waals surface area contributed by atoms with Gasteiger partial charge in [-0.25, -0.2) is 9.78 Å². The quantitative estimate of drug-likeness (QED) is 0.428. The molecule has 0 aliphatic rings. The van der Waals surface area contributed by atoms with E-state index >= 15 is 0 Å². The molecule has 2 N–H and O–H groups in total. The molecule has 0 amide bonds. The first-order valence-electron chi connectivity index (χ1n) is 5.90. The minimum absolute atomic E-state index is 0.192. The number of esters is 1. The maximum absolute atomic E-state index is 11.6. The summed E-state index contributed by atoms with van der Waals surface area (Å²) in [6.07, 6.45) is 0. The number of pyridine rings is 1. The molecule has 1 aromatic carbocycles. The molecule has 0 radical (unpaired) electrons. The Morgan fingerprint density at radius 3 is 2.81 bits per heavy atom. The second-order valence-electron chi connectivity index (χ2n) is 4.00. The third kappa shape index (κ3) is 4.72. The van der Waals surface area contributed by atoms with Crippen LogP contribution in [0.3, 0.4) is 0 Å². The SMILES string of the molecule is Nc1nc(C#CC(=O)OCc2ccccc2)c(Br)cc1I. The molecule has 4 nitrogen and oxygen atoms in total. The van der Waals surface area contributed by atoms with E-state index in [1.165, 1.54) is 0 Å². The van der Waals surface area contributed by atoms with E-state index in [0.717, 1.165) is 9.13 Å². The fourth-order valence-electron chi connectivity index (χ4n) is 1.44. The number of rotatable bonds is 2. The van der Waals surface area contributed by atoms with E-state index in [0.29, 0.717) is 16.0 Å². The summed E-state index contributed by atoms with van der Waals surface area (Å²) in [6.45, 7) is 0.192. The number of halogens is 2. The topological polar surface area (TPSA) is 65.2 Å². The zero-order valence-electron chi connectivity index (χ0n) is 10.8. The van der Waals surface area contributed by atoms with Gasteiger partial charge in [0.05, 0.1) is 8.04 Å². The van der Waals surface area contributed by atoms with E-state index in [1.54, 1.807) is 6.07 Å². The fraction of sp³-hybridized carbons (Fsp3) is 0.0667. The number of benzene rings is 1. The van der Waals surface area contributed by atoms with E-state index < -0.39 is 5.97 Å². The third-order valence-corrected chi connectivity index (χ3v) is 3.92. The Kier molecular flexibility index (Phi) is 5.59. The van der Waals surface area contributed by atoms with E-state index in [2.05, 4.69) is 55.3 Å². The van der Waals surface area contributed by atoms with Crippen LogP contribution in [0.15, 0.2) is 40.9 Å². The van der Waals surface area contributed by atoms with Crippen molar-refractivity contribution < 1.29 is 9.53 Å². The number of carbonyl (C=O) groups is 1. The van der Waals surface area contributed by atoms with Crippen LogP contribution < -0.4 is 5.73 Å². The number of nitrogens with zero attached hydrogens (tertiary/aromatic N) is 1. The highest BCUT2D eigenvalue weighted by Crippen LogP contribution is 2.21. The Balaban J connectivity index is 2.02. The van der Waals surface area contributed by atoms with Gasteiger partial charge in [0, 0.05) is 5.92 Å². The molecule has 1 aromatic heterocycles. The van der Waals surface area contributed by atoms with E-state index in [9.17, 15) is 4.79 Å². The number of nitrogens with two attached hydrogens (primary N) is 1. The van der Waals surface area contributed by atoms with Crippen molar-refractivity contribution in [2.75, 3.05) is 5.73 Å². The van der Waals surface area contributed by atoms with Crippen LogP contribution in [-0.2, 0) is 16.1 Å². The molecule has 0 atom stereocenters. The van der Waals surface area contributed by atoms with Gasteiger partial charge in [0.25, 0.3) is 0 Å². The van der Waals surface area contributed by atoms with E-state index in [-0.39, 0.29) is 6.61 Å². The second-order valence-corrected chi connectivity index (χ2v) is 6.01. The van der Waals surface area contributed by atoms with Crippen LogP contribution in [0.25, 0.3) is 0 Å². The molecule has 21 heavy (non-hydrogen) atoms. The van der Waals surface area contributed by atoms with E-state index in [4.69, 9.17) is 10.5 Å². The van der Waals surface area contributed by atoms with Crippen LogP contribution in [0.5, 0.6) is 0 Å². The molecule has 0 spiro atoms. The van der Waals surface area contributed by atoms with Crippen molar-refractivity contribution >= 4 is 50.3 Å². The summed E-state index contributed by atoms with van der Waals surface area (Å²) >= 11 is 5.40. The third-order valence-electron chi connectivity index (χ3n) is 2.45. The predicted octanol–water partition coefficient (Wildman–Crippen LogP) is 3.13. The predicted molar refractivity (Wildman–Crippen MR) is 92.2 cm³/mol. The van der Waals surface area contributed by atoms with Gasteiger partial charge in [0.2, 0.25) is 0 Å². The zero-order valence-corrected chi connectivity index (χ0v) is 14.5. The Morgan fingerprint density at radius 1 is 1.38 bits per heavy atom. The van der Waals surface area contributed by atoms with Gasteiger partial charge >= 0.3 is 5.97 Å². The highest BCUT2D eigenvalue weighted by molar-refractivity contribution is 14.1. The molecule has 0 aliphatic carbocycles. The Morgan fingerprint density at radius 2 is 2.10 bits per heavy atom. The number of aromatic nitrogens is 1. The second kappa shape index (κ2) is 7.43. The molecule has 6 heteroatoms. The number of nitrogen functional groups attached to an aromatic ring is 1. The summed E-state index contributed by atoms with van der Waals surface area (Å²) in [7, 11) is 0. The standard InChI is InChI=1S/C15H10BrIN2O2/c16-11-8-12(17)15(18)19-13(11)6-7-14(20)21-9-10-4-2-1-3-5-10/h1-5,8H,9H2,(H2,18,19). The average molecular weight is 457 g/mol. The monoisotopic (exact) mass is 456 g/mol. The van der Waals surface area contributed by atoms with Crippen LogP contribution in [0, 0.1) is 15.4 Å². The molecule has 2 rings (SSSR count). The van der Waals surface area contributed by atoms with Crippen molar-refractivity contribution in [1.29, 1.82) is 0 Å². The van der Waals surface area contributed by atoms with Gasteiger partial charge in [0.1, 0.15) is 18.1 Å². The van der Waals surface area contributed by atoms with Crippen LogP contribution in [0.2, 0.25) is 0 Å². The molecule has 2 aromatic rings. The number of anilines is 1. The van der Waals surface area contributed by atoms with Crippen LogP contribution in [0.4, 0.5) is 5.82 Å². The number of carbonyl (C=O) groups excluding carboxylic acids is 1. The summed E-state index contributed by atoms with van der Waals surface area (Å²) in [5, 5.41) is 0. The van der Waals surface area contributed by atoms with E-state index in [1.807, 2.05) is 30.3 Å². The largest absolute Gasteiger partial charge is 0.451 e. The normalized spacial score (nSPS) is 9.62. The van der Waals surface area contributed by atoms with Gasteiger partial charge in [-0.15, -0.1) is 0 Å². The smallest absolute Gasteiger partial charge is 0.385 e. The maximum Gasteiger partial charge on any atom is 0.385 e. The molecule has 0 saturated heterocycles. The summed E-state index contributed by atoms with van der Waals surface area (Å²) < 4.78 is 6.56. The van der Waals surface area contributed by atoms with Gasteiger partial charge in [0.15, 0.2) is 0 Å². The molecule has 0 bridgehead atoms. The lowest BCUT2D eigenvalue weighted by atomic mass is 10.2. The average Bonchev–Trinajstić information content (AvgIpc) is 2.48. The fourth-order valence-corrected chi connectivity index (χ4v) is 2.71. The number of hydrogen-bond donors (Lipinski definition) is 1. The molecule has 0 unspecified atom stereocenters. The van der Waals surface area contributed by atoms with Crippen molar-refractivity contribution in [3.63, 3.8) is 0 Å². The van der Waals surface area contributed by atoms with Crippen LogP contribution in [0.1, 0.15) is 11.3 Å². The zero-order chi connectivity index (χ0) is 15.2. The van der Waals surface area contributed by atoms with Crippen LogP contribution >= 0.6 is 38.5 Å². The lowest BCUT2D eigenvalue weighted by Gasteiger charge is -2.01. The number of ether oxygens (including phenoxy) is 1. The van der Waals surface area contributed by atoms with Crippen molar-refractivity contribution in [3.05, 3.63) is 55.7 Å². The van der Waals surface area contributed by atoms with Gasteiger partial charge < -0.3 is 10.5 Å². The summed E-state index contributed by atoms with van der Waals surface area (Å²) in [5.74, 6) is 4.82. The summed E-state index contributed by atoms with van der Waals surface area (Å²) in [4.78, 5) is 15.7. The first-order valence-corrected chi connectivity index (χ1v) is 7.77. The Hall–Kier alpha value is -1.59. The molecular formula is C15H10BrIN2O2. The van der Waals surface area contributed by atoms with Crippen molar-refractivity contribution in [3.8, 4) is 11.8 Å². The summed E-state index contributed by atoms with van der Waals surface area (Å²) in [6, 6.07) is 11.2. The van der Waals surface area contributed by atoms with Crippen molar-refractivity contribution in [2.45, 2.75) is 6.61 Å². The molecule has 0 saturated carbocycles. The maximum atomic E-state index is 11.6. The lowest BCUT2D eigenvalue weighted by molar-refractivity contribution is -0.137. The van der Waals surface area contributed by atoms with Crippen molar-refractivity contribution in [2.24, 2.45) is 0 Å². The van der Waals surface area contributed by atoms with Gasteiger partial charge in [-0.3, -0.25) is 0 Å². The summed E-state index contributed by atoms with van der Waals surface area (Å²) in [5.41, 5.74) is 7.02. The highest BCUT2D eigenvalue weighted by atomic mass is 127. The minimum Gasteiger partial charge on any atom is -0.451 e. The van der Waals surface area contributed by atoms with Gasteiger partial charge in [-0.2, -0.15) is 0 Å². The molecule has 1 heterocycles. The molecule has 0 aliphatic heterocycles. The molecular weight excluding hydrogens is 447 g/mol. The van der Waals surface area contributed by atoms with Gasteiger partial charge in [-0.05, 0) is 56.1 Å². The molecule has 106 valence electrons. The van der Waals surface area contributed by atoms with Gasteiger partial charge in [-0.1, -0.05) is 30.3 Å². The Bertz CT molecular complexity index is 724. The number of hydrogen-bond acceptors (Lipinski definition) is 4. The Labute approximate surface area is 144 Å². The van der Waals surface area contributed by atoms with Crippen molar-refractivity contribution in [1.82, 2.24) is 4.98 Å². The highest BCUT2D eigenvalue weighted by Gasteiger charge is 2.05. The van der Waals surface area contributed by atoms with Crippen LogP contribution in [-0.4, -0.2) is 11.0 Å². The first kappa shape index (κ1) is 15.8. The first-order chi connectivity index (χ1) is 10.1. The lowest BCUT2D eigenvalue weighted by Crippen LogP contribution is -2.02. The molecule has 0 fully saturated rings.